The molecule has 0 atom stereocenters. The zero-order valence-electron chi connectivity index (χ0n) is 6.79. The molecule has 2 rings (SSSR count). The van der Waals surface area contributed by atoms with Gasteiger partial charge < -0.3 is 4.42 Å². The van der Waals surface area contributed by atoms with E-state index in [1.54, 1.807) is 0 Å². The molecule has 1 aromatic heterocycles. The second-order valence-corrected chi connectivity index (χ2v) is 3.53. The first-order valence-corrected chi connectivity index (χ1v) is 4.59. The number of hydrogen-bond acceptors (Lipinski definition) is 3. The summed E-state index contributed by atoms with van der Waals surface area (Å²) in [6.07, 6.45) is 0. The monoisotopic (exact) mass is 241 g/mol. The Morgan fingerprint density at radius 1 is 1.46 bits per heavy atom. The molecule has 0 bridgehead atoms. The summed E-state index contributed by atoms with van der Waals surface area (Å²) < 4.78 is 6.47. The minimum atomic E-state index is 0.293. The lowest BCUT2D eigenvalue weighted by molar-refractivity contribution is 0.110. The van der Waals surface area contributed by atoms with Crippen LogP contribution in [0.5, 0.6) is 0 Å². The third-order valence-electron chi connectivity index (χ3n) is 1.78. The maximum Gasteiger partial charge on any atom is 0.135 e. The number of fused-ring (bicyclic) bond motifs is 1. The Morgan fingerprint density at radius 3 is 3.00 bits per heavy atom. The molecule has 2 N–H and O–H groups in total. The molecule has 0 saturated carbocycles. The van der Waals surface area contributed by atoms with E-state index in [0.29, 0.717) is 6.61 Å². The molecule has 13 heavy (non-hydrogen) atoms. The van der Waals surface area contributed by atoms with Gasteiger partial charge in [0.2, 0.25) is 0 Å². The minimum absolute atomic E-state index is 0.293. The molecule has 0 spiro atoms. The van der Waals surface area contributed by atoms with Gasteiger partial charge in [0.05, 0.1) is 0 Å². The Balaban J connectivity index is 2.55. The molecule has 68 valence electrons. The first-order chi connectivity index (χ1) is 6.31. The normalized spacial score (nSPS) is 10.9. The number of rotatable bonds is 2. The van der Waals surface area contributed by atoms with Crippen LogP contribution in [0.1, 0.15) is 5.76 Å². The predicted octanol–water partition coefficient (Wildman–Crippen LogP) is 2.59. The largest absolute Gasteiger partial charge is 0.458 e. The molecule has 0 fully saturated rings. The van der Waals surface area contributed by atoms with Crippen LogP contribution in [-0.4, -0.2) is 0 Å². The van der Waals surface area contributed by atoms with Gasteiger partial charge in [-0.3, -0.25) is 4.84 Å². The van der Waals surface area contributed by atoms with Crippen LogP contribution < -0.4 is 5.90 Å². The summed E-state index contributed by atoms with van der Waals surface area (Å²) in [4.78, 5) is 4.49. The summed E-state index contributed by atoms with van der Waals surface area (Å²) in [5.74, 6) is 5.68. The molecule has 4 heteroatoms. The molecule has 0 aliphatic rings. The van der Waals surface area contributed by atoms with Crippen LogP contribution in [0.15, 0.2) is 33.2 Å². The summed E-state index contributed by atoms with van der Waals surface area (Å²) in [5.41, 5.74) is 0.835. The first kappa shape index (κ1) is 8.74. The Labute approximate surface area is 83.5 Å². The van der Waals surface area contributed by atoms with Crippen LogP contribution in [0, 0.1) is 0 Å². The molecule has 0 aliphatic carbocycles. The Kier molecular flexibility index (Phi) is 2.35. The number of nitrogens with two attached hydrogens (primary N) is 1. The van der Waals surface area contributed by atoms with Crippen molar-refractivity contribution in [3.05, 3.63) is 34.5 Å². The summed E-state index contributed by atoms with van der Waals surface area (Å²) in [6, 6.07) is 7.69. The average molecular weight is 242 g/mol. The van der Waals surface area contributed by atoms with Gasteiger partial charge in [-0.05, 0) is 18.2 Å². The SMILES string of the molecule is NOCc1cc2c(Br)cccc2o1. The number of hydrogen-bond donors (Lipinski definition) is 1. The van der Waals surface area contributed by atoms with Gasteiger partial charge in [-0.15, -0.1) is 0 Å². The standard InChI is InChI=1S/C9H8BrNO2/c10-8-2-1-3-9-7(8)4-6(13-9)5-12-11/h1-4H,5,11H2. The third-order valence-corrected chi connectivity index (χ3v) is 2.48. The second kappa shape index (κ2) is 3.49. The van der Waals surface area contributed by atoms with Crippen molar-refractivity contribution in [3.8, 4) is 0 Å². The van der Waals surface area contributed by atoms with Gasteiger partial charge >= 0.3 is 0 Å². The molecule has 0 aliphatic heterocycles. The summed E-state index contributed by atoms with van der Waals surface area (Å²) in [5, 5.41) is 1.04. The van der Waals surface area contributed by atoms with Crippen LogP contribution >= 0.6 is 15.9 Å². The van der Waals surface area contributed by atoms with Crippen molar-refractivity contribution in [2.24, 2.45) is 5.90 Å². The highest BCUT2D eigenvalue weighted by Gasteiger charge is 2.05. The van der Waals surface area contributed by atoms with Crippen LogP contribution in [0.4, 0.5) is 0 Å². The van der Waals surface area contributed by atoms with Crippen LogP contribution in [0.3, 0.4) is 0 Å². The van der Waals surface area contributed by atoms with E-state index >= 15 is 0 Å². The molecule has 0 radical (unpaired) electrons. The fourth-order valence-electron chi connectivity index (χ4n) is 1.23. The van der Waals surface area contributed by atoms with Gasteiger partial charge in [-0.1, -0.05) is 22.0 Å². The zero-order chi connectivity index (χ0) is 9.26. The van der Waals surface area contributed by atoms with Gasteiger partial charge in [0.15, 0.2) is 0 Å². The van der Waals surface area contributed by atoms with Crippen molar-refractivity contribution < 1.29 is 9.25 Å². The smallest absolute Gasteiger partial charge is 0.135 e. The van der Waals surface area contributed by atoms with E-state index in [9.17, 15) is 0 Å². The van der Waals surface area contributed by atoms with Crippen LogP contribution in [-0.2, 0) is 11.4 Å². The van der Waals surface area contributed by atoms with Crippen molar-refractivity contribution in [2.45, 2.75) is 6.61 Å². The molecule has 0 unspecified atom stereocenters. The van der Waals surface area contributed by atoms with E-state index in [4.69, 9.17) is 10.3 Å². The van der Waals surface area contributed by atoms with Gasteiger partial charge in [0, 0.05) is 9.86 Å². The zero-order valence-corrected chi connectivity index (χ0v) is 8.37. The lowest BCUT2D eigenvalue weighted by atomic mass is 10.2. The second-order valence-electron chi connectivity index (χ2n) is 2.68. The highest BCUT2D eigenvalue weighted by Crippen LogP contribution is 2.26. The molecule has 0 saturated heterocycles. The molecule has 3 nitrogen and oxygen atoms in total. The van der Waals surface area contributed by atoms with Gasteiger partial charge in [0.1, 0.15) is 18.0 Å². The number of furan rings is 1. The van der Waals surface area contributed by atoms with Crippen molar-refractivity contribution in [1.82, 2.24) is 0 Å². The molecule has 1 heterocycles. The summed E-state index contributed by atoms with van der Waals surface area (Å²) in [7, 11) is 0. The molecule has 2 aromatic rings. The fraction of sp³-hybridized carbons (Fsp3) is 0.111. The van der Waals surface area contributed by atoms with E-state index in [1.807, 2.05) is 24.3 Å². The van der Waals surface area contributed by atoms with E-state index < -0.39 is 0 Å². The van der Waals surface area contributed by atoms with Gasteiger partial charge in [0.25, 0.3) is 0 Å². The summed E-state index contributed by atoms with van der Waals surface area (Å²) >= 11 is 3.43. The number of halogens is 1. The lowest BCUT2D eigenvalue weighted by Crippen LogP contribution is -1.96. The fourth-order valence-corrected chi connectivity index (χ4v) is 1.69. The predicted molar refractivity (Wildman–Crippen MR) is 52.9 cm³/mol. The van der Waals surface area contributed by atoms with E-state index in [-0.39, 0.29) is 0 Å². The number of benzene rings is 1. The maximum absolute atomic E-state index is 5.45. The maximum atomic E-state index is 5.45. The molecular weight excluding hydrogens is 234 g/mol. The third kappa shape index (κ3) is 1.60. The molecule has 1 aromatic carbocycles. The van der Waals surface area contributed by atoms with Gasteiger partial charge in [-0.2, -0.15) is 0 Å². The Hall–Kier alpha value is -0.840. The summed E-state index contributed by atoms with van der Waals surface area (Å²) in [6.45, 7) is 0.293. The van der Waals surface area contributed by atoms with E-state index in [1.165, 1.54) is 0 Å². The van der Waals surface area contributed by atoms with Crippen molar-refractivity contribution in [2.75, 3.05) is 0 Å². The van der Waals surface area contributed by atoms with Crippen LogP contribution in [0.25, 0.3) is 11.0 Å². The van der Waals surface area contributed by atoms with Crippen LogP contribution in [0.2, 0.25) is 0 Å². The minimum Gasteiger partial charge on any atom is -0.458 e. The van der Waals surface area contributed by atoms with E-state index in [2.05, 4.69) is 20.8 Å². The first-order valence-electron chi connectivity index (χ1n) is 3.80. The molecule has 0 amide bonds. The van der Waals surface area contributed by atoms with Crippen molar-refractivity contribution in [3.63, 3.8) is 0 Å². The van der Waals surface area contributed by atoms with Crippen molar-refractivity contribution >= 4 is 26.9 Å². The van der Waals surface area contributed by atoms with Crippen molar-refractivity contribution in [1.29, 1.82) is 0 Å². The highest BCUT2D eigenvalue weighted by atomic mass is 79.9. The topological polar surface area (TPSA) is 48.4 Å². The van der Waals surface area contributed by atoms with Gasteiger partial charge in [-0.25, -0.2) is 5.90 Å². The molecular formula is C9H8BrNO2. The van der Waals surface area contributed by atoms with E-state index in [0.717, 1.165) is 21.2 Å². The highest BCUT2D eigenvalue weighted by molar-refractivity contribution is 9.10. The Bertz CT molecular complexity index is 424. The average Bonchev–Trinajstić information content (AvgIpc) is 2.49. The lowest BCUT2D eigenvalue weighted by Gasteiger charge is -1.89. The quantitative estimate of drug-likeness (QED) is 0.823. The Morgan fingerprint density at radius 2 is 2.31 bits per heavy atom.